The van der Waals surface area contributed by atoms with Crippen molar-refractivity contribution >= 4 is 46.6 Å². The molecular formula is C31H35Cl2NO8. The molecule has 1 aromatic rings. The highest BCUT2D eigenvalue weighted by Gasteiger charge is 2.71. The predicted molar refractivity (Wildman–Crippen MR) is 155 cm³/mol. The smallest absolute Gasteiger partial charge is 0.426 e. The predicted octanol–water partition coefficient (Wildman–Crippen LogP) is 6.30. The van der Waals surface area contributed by atoms with E-state index in [1.54, 1.807) is 12.2 Å². The minimum Gasteiger partial charge on any atom is -0.426 e. The number of hydrogen-bond acceptors (Lipinski definition) is 8. The van der Waals surface area contributed by atoms with E-state index in [1.807, 2.05) is 13.0 Å². The molecule has 0 saturated heterocycles. The Kier molecular flexibility index (Phi) is 7.86. The number of fused-ring (bicyclic) bond motifs is 5. The van der Waals surface area contributed by atoms with Crippen molar-refractivity contribution in [1.29, 1.82) is 0 Å². The van der Waals surface area contributed by atoms with Crippen LogP contribution >= 0.6 is 23.2 Å². The largest absolute Gasteiger partial charge is 0.511 e. The Bertz CT molecular complexity index is 1390. The van der Waals surface area contributed by atoms with Crippen molar-refractivity contribution in [3.63, 3.8) is 0 Å². The van der Waals surface area contributed by atoms with Crippen molar-refractivity contribution in [3.05, 3.63) is 63.7 Å². The molecule has 1 aromatic carbocycles. The fraction of sp³-hybridized carbons (Fsp3) is 0.581. The molecule has 0 aromatic heterocycles. The van der Waals surface area contributed by atoms with Crippen LogP contribution in [0.4, 0.5) is 10.5 Å². The van der Waals surface area contributed by atoms with Gasteiger partial charge in [-0.25, -0.2) is 4.79 Å². The molecule has 1 unspecified atom stereocenters. The van der Waals surface area contributed by atoms with Gasteiger partial charge in [0.15, 0.2) is 18.2 Å². The van der Waals surface area contributed by atoms with Gasteiger partial charge in [-0.1, -0.05) is 51.5 Å². The fourth-order valence-electron chi connectivity index (χ4n) is 8.86. The number of Topliss-reactive ketones (excluding diaryl/α,β-unsaturated/α-hetero) is 1. The van der Waals surface area contributed by atoms with Crippen LogP contribution in [0.15, 0.2) is 48.1 Å². The molecule has 4 aliphatic carbocycles. The van der Waals surface area contributed by atoms with Crippen LogP contribution in [0.25, 0.3) is 0 Å². The minimum absolute atomic E-state index is 0.0154. The van der Waals surface area contributed by atoms with Gasteiger partial charge in [0.1, 0.15) is 0 Å². The normalized spacial score (nSPS) is 39.3. The average molecular weight is 621 g/mol. The lowest BCUT2D eigenvalue weighted by Crippen LogP contribution is -2.66. The zero-order chi connectivity index (χ0) is 30.8. The summed E-state index contributed by atoms with van der Waals surface area (Å²) in [6.07, 6.45) is 3.91. The van der Waals surface area contributed by atoms with Gasteiger partial charge in [-0.15, -0.1) is 23.2 Å². The Morgan fingerprint density at radius 1 is 1.19 bits per heavy atom. The number of allylic oxidation sites excluding steroid dienone is 4. The third-order valence-electron chi connectivity index (χ3n) is 10.6. The van der Waals surface area contributed by atoms with E-state index in [0.29, 0.717) is 6.42 Å². The van der Waals surface area contributed by atoms with Crippen LogP contribution in [0.1, 0.15) is 58.8 Å². The maximum atomic E-state index is 13.6. The van der Waals surface area contributed by atoms with E-state index in [-0.39, 0.29) is 40.8 Å². The molecule has 226 valence electrons. The van der Waals surface area contributed by atoms with Crippen molar-refractivity contribution in [2.24, 2.45) is 40.4 Å². The first-order chi connectivity index (χ1) is 19.6. The molecule has 0 spiro atoms. The number of aliphatic hydroxyl groups excluding tert-OH is 1. The Morgan fingerprint density at radius 2 is 1.88 bits per heavy atom. The van der Waals surface area contributed by atoms with Crippen LogP contribution in [0.3, 0.4) is 0 Å². The molecule has 0 aliphatic heterocycles. The number of nitrogens with zero attached hydrogens (tertiary/aromatic N) is 1. The second kappa shape index (κ2) is 10.8. The molecule has 0 bridgehead atoms. The number of carbonyl (C=O) groups is 3. The molecular weight excluding hydrogens is 585 g/mol. The van der Waals surface area contributed by atoms with E-state index >= 15 is 0 Å². The lowest BCUT2D eigenvalue weighted by Gasteiger charge is -2.64. The van der Waals surface area contributed by atoms with Gasteiger partial charge >= 0.3 is 6.16 Å². The van der Waals surface area contributed by atoms with Gasteiger partial charge in [-0.05, 0) is 66.6 Å². The van der Waals surface area contributed by atoms with Crippen LogP contribution < -0.4 is 0 Å². The van der Waals surface area contributed by atoms with Gasteiger partial charge in [0.2, 0.25) is 6.29 Å². The minimum atomic E-state index is -1.94. The lowest BCUT2D eigenvalue weighted by atomic mass is 9.45. The van der Waals surface area contributed by atoms with E-state index in [4.69, 9.17) is 32.7 Å². The molecule has 9 nitrogen and oxygen atoms in total. The number of alkyl halides is 2. The van der Waals surface area contributed by atoms with Crippen LogP contribution in [-0.2, 0) is 19.1 Å². The monoisotopic (exact) mass is 619 g/mol. The third kappa shape index (κ3) is 4.59. The molecule has 42 heavy (non-hydrogen) atoms. The molecule has 0 amide bonds. The topological polar surface area (TPSA) is 133 Å². The number of halogens is 2. The summed E-state index contributed by atoms with van der Waals surface area (Å²) < 4.78 is 9.94. The molecule has 3 saturated carbocycles. The number of benzene rings is 1. The van der Waals surface area contributed by atoms with Gasteiger partial charge in [0.25, 0.3) is 5.69 Å². The molecule has 11 heteroatoms. The van der Waals surface area contributed by atoms with Crippen LogP contribution in [0, 0.1) is 50.5 Å². The maximum Gasteiger partial charge on any atom is 0.511 e. The van der Waals surface area contributed by atoms with Crippen molar-refractivity contribution in [2.75, 3.05) is 6.61 Å². The second-order valence-electron chi connectivity index (χ2n) is 12.8. The van der Waals surface area contributed by atoms with E-state index in [2.05, 4.69) is 20.8 Å². The van der Waals surface area contributed by atoms with Crippen molar-refractivity contribution in [2.45, 2.75) is 63.5 Å². The SMILES string of the molecule is C[C@@H]1C[C@H]2[C@@H]3C[C@H](C)C4=CC(=O)C=C[C@]4(C)[C@@]3(Cl)[C@@H](Cl)C[C@]2(C)[C@H]1C(=O)COC(=O)OC(O)c1ccccc1[N+](=O)[O-]. The maximum absolute atomic E-state index is 13.6. The van der Waals surface area contributed by atoms with E-state index < -0.39 is 56.7 Å². The zero-order valence-corrected chi connectivity index (χ0v) is 25.4. The molecule has 1 N–H and O–H groups in total. The standard InChI is InChI=1S/C31H35Cl2NO8/c1-16-11-22-21-12-17(2)26(24(36)15-41-28(38)42-27(37)19-7-5-6-8-23(19)34(39)40)29(21,3)14-25(32)31(22,33)30(4)10-9-18(35)13-20(16)30/h5-10,13,16-17,21-22,25-27,37H,11-12,14-15H2,1-4H3/t16-,17+,21-,22-,25-,26+,27?,29-,30-,31-/m0/s1. The Morgan fingerprint density at radius 3 is 2.57 bits per heavy atom. The fourth-order valence-corrected chi connectivity index (χ4v) is 10.1. The first-order valence-electron chi connectivity index (χ1n) is 14.2. The van der Waals surface area contributed by atoms with E-state index in [9.17, 15) is 29.6 Å². The summed E-state index contributed by atoms with van der Waals surface area (Å²) in [4.78, 5) is 48.0. The Hall–Kier alpha value is -2.75. The van der Waals surface area contributed by atoms with Crippen LogP contribution in [0.5, 0.6) is 0 Å². The summed E-state index contributed by atoms with van der Waals surface area (Å²) in [6, 6.07) is 5.31. The summed E-state index contributed by atoms with van der Waals surface area (Å²) in [5, 5.41) is 21.0. The Labute approximate surface area is 254 Å². The molecule has 0 radical (unpaired) electrons. The number of aliphatic hydroxyl groups is 1. The van der Waals surface area contributed by atoms with Crippen LogP contribution in [0.2, 0.25) is 0 Å². The van der Waals surface area contributed by atoms with Gasteiger partial charge in [0, 0.05) is 17.4 Å². The van der Waals surface area contributed by atoms with E-state index in [1.165, 1.54) is 24.3 Å². The summed E-state index contributed by atoms with van der Waals surface area (Å²) in [5.74, 6) is -0.645. The van der Waals surface area contributed by atoms with Crippen molar-refractivity contribution in [3.8, 4) is 0 Å². The molecule has 5 rings (SSSR count). The number of nitro groups is 1. The zero-order valence-electron chi connectivity index (χ0n) is 23.9. The lowest BCUT2D eigenvalue weighted by molar-refractivity contribution is -0.386. The van der Waals surface area contributed by atoms with E-state index in [0.717, 1.165) is 18.4 Å². The van der Waals surface area contributed by atoms with Gasteiger partial charge < -0.3 is 14.6 Å². The second-order valence-corrected chi connectivity index (χ2v) is 14.0. The average Bonchev–Trinajstić information content (AvgIpc) is 3.19. The summed E-state index contributed by atoms with van der Waals surface area (Å²) >= 11 is 14.8. The highest BCUT2D eigenvalue weighted by molar-refractivity contribution is 6.34. The quantitative estimate of drug-likeness (QED) is 0.129. The number of ether oxygens (including phenoxy) is 2. The molecule has 0 heterocycles. The summed E-state index contributed by atoms with van der Waals surface area (Å²) in [7, 11) is 0. The highest BCUT2D eigenvalue weighted by atomic mass is 35.5. The number of carbonyl (C=O) groups excluding carboxylic acids is 3. The summed E-state index contributed by atoms with van der Waals surface area (Å²) in [6.45, 7) is 7.69. The number of rotatable bonds is 6. The number of hydrogen-bond donors (Lipinski definition) is 1. The third-order valence-corrected chi connectivity index (χ3v) is 12.1. The van der Waals surface area contributed by atoms with Crippen molar-refractivity contribution in [1.82, 2.24) is 0 Å². The number of nitro benzene ring substituents is 1. The molecule has 10 atom stereocenters. The summed E-state index contributed by atoms with van der Waals surface area (Å²) in [5.41, 5.74) is -0.736. The van der Waals surface area contributed by atoms with Gasteiger partial charge in [-0.3, -0.25) is 19.7 Å². The highest BCUT2D eigenvalue weighted by Crippen LogP contribution is 2.72. The Balaban J connectivity index is 1.32. The molecule has 4 aliphatic rings. The van der Waals surface area contributed by atoms with Gasteiger partial charge in [0.05, 0.1) is 20.7 Å². The first-order valence-corrected chi connectivity index (χ1v) is 15.0. The van der Waals surface area contributed by atoms with Gasteiger partial charge in [-0.2, -0.15) is 0 Å². The number of para-hydroxylation sites is 1. The number of ketones is 2. The molecule has 3 fully saturated rings. The van der Waals surface area contributed by atoms with Crippen molar-refractivity contribution < 1.29 is 33.9 Å². The first kappa shape index (κ1) is 30.7. The van der Waals surface area contributed by atoms with Crippen LogP contribution in [-0.4, -0.2) is 44.6 Å².